The fourth-order valence-electron chi connectivity index (χ4n) is 2.45. The number of amides is 1. The molecule has 0 aliphatic carbocycles. The van der Waals surface area contributed by atoms with Crippen LogP contribution in [0.5, 0.6) is 0 Å². The number of carbonyl (C=O) groups excluding carboxylic acids is 1. The number of cyclic esters (lactones) is 1. The van der Waals surface area contributed by atoms with E-state index in [-0.39, 0.29) is 12.4 Å². The molecular formula is C14H17FN4O2Sn. The molecule has 1 aliphatic heterocycles. The number of nitrogens with zero attached hydrogens (tertiary/aromatic N) is 4. The molecule has 0 bridgehead atoms. The van der Waals surface area contributed by atoms with E-state index in [4.69, 9.17) is 4.74 Å². The average molecular weight is 411 g/mol. The molecule has 22 heavy (non-hydrogen) atoms. The summed E-state index contributed by atoms with van der Waals surface area (Å²) in [7, 11) is 0. The third-order valence-corrected chi connectivity index (χ3v) is 9.37. The predicted molar refractivity (Wildman–Crippen MR) is 82.3 cm³/mol. The van der Waals surface area contributed by atoms with Crippen LogP contribution < -0.4 is 8.48 Å². The van der Waals surface area contributed by atoms with Crippen molar-refractivity contribution in [2.24, 2.45) is 0 Å². The van der Waals surface area contributed by atoms with Crippen LogP contribution in [0, 0.1) is 5.82 Å². The topological polar surface area (TPSA) is 60.3 Å². The molecule has 0 spiro atoms. The van der Waals surface area contributed by atoms with Gasteiger partial charge in [-0.25, -0.2) is 0 Å². The second-order valence-corrected chi connectivity index (χ2v) is 20.6. The Kier molecular flexibility index (Phi) is 3.83. The molecule has 1 fully saturated rings. The van der Waals surface area contributed by atoms with Crippen molar-refractivity contribution < 1.29 is 13.9 Å². The van der Waals surface area contributed by atoms with Crippen molar-refractivity contribution in [2.45, 2.75) is 21.0 Å². The minimum atomic E-state index is -2.49. The van der Waals surface area contributed by atoms with Gasteiger partial charge >= 0.3 is 132 Å². The summed E-state index contributed by atoms with van der Waals surface area (Å²) >= 11 is -2.49. The first-order valence-corrected chi connectivity index (χ1v) is 17.0. The molecule has 0 radical (unpaired) electrons. The summed E-state index contributed by atoms with van der Waals surface area (Å²) in [6.45, 7) is 0.278. The van der Waals surface area contributed by atoms with Gasteiger partial charge < -0.3 is 0 Å². The molecule has 1 saturated heterocycles. The van der Waals surface area contributed by atoms with Crippen molar-refractivity contribution >= 4 is 33.7 Å². The Morgan fingerprint density at radius 3 is 2.73 bits per heavy atom. The molecule has 2 aromatic rings. The molecule has 0 saturated carbocycles. The van der Waals surface area contributed by atoms with Gasteiger partial charge in [-0.05, 0) is 0 Å². The van der Waals surface area contributed by atoms with E-state index in [9.17, 15) is 9.18 Å². The molecular weight excluding hydrogens is 394 g/mol. The molecule has 116 valence electrons. The summed E-state index contributed by atoms with van der Waals surface area (Å²) in [6, 6.07) is 5.00. The zero-order chi connectivity index (χ0) is 15.9. The van der Waals surface area contributed by atoms with Crippen molar-refractivity contribution in [3.8, 4) is 0 Å². The molecule has 1 aromatic heterocycles. The summed E-state index contributed by atoms with van der Waals surface area (Å²) in [4.78, 5) is 19.9. The molecule has 2 heterocycles. The summed E-state index contributed by atoms with van der Waals surface area (Å²) in [5, 5.41) is 7.51. The summed E-state index contributed by atoms with van der Waals surface area (Å²) in [5.41, 5.74) is 0.504. The molecule has 0 N–H and O–H groups in total. The van der Waals surface area contributed by atoms with E-state index >= 15 is 0 Å². The maximum absolute atomic E-state index is 14.3. The third kappa shape index (κ3) is 2.81. The number of hydrogen-bond donors (Lipinski definition) is 0. The SMILES string of the molecule is [CH3][Sn]([CH3])([CH3])[c]1ccc(N2C[C@H](n3ccnn3)OC2=O)cc1F. The fourth-order valence-corrected chi connectivity index (χ4v) is 6.36. The standard InChI is InChI=1S/C11H8FN4O2.3CH3.Sn/c12-8-2-1-3-9(6-8)15-7-10(18-11(15)17)16-5-4-13-14-16;;;;/h1,3-6,10H,7H2;3*1H3;/t10-;;;;/m1..../s1. The predicted octanol–water partition coefficient (Wildman–Crippen LogP) is 2.12. The Morgan fingerprint density at radius 2 is 2.14 bits per heavy atom. The quantitative estimate of drug-likeness (QED) is 0.727. The van der Waals surface area contributed by atoms with E-state index < -0.39 is 30.7 Å². The van der Waals surface area contributed by atoms with E-state index in [0.717, 1.165) is 3.58 Å². The summed E-state index contributed by atoms with van der Waals surface area (Å²) < 4.78 is 21.9. The third-order valence-electron chi connectivity index (χ3n) is 3.60. The van der Waals surface area contributed by atoms with Crippen LogP contribution in [0.3, 0.4) is 0 Å². The Morgan fingerprint density at radius 1 is 1.36 bits per heavy atom. The van der Waals surface area contributed by atoms with Crippen molar-refractivity contribution in [1.82, 2.24) is 15.0 Å². The van der Waals surface area contributed by atoms with Gasteiger partial charge in [0.25, 0.3) is 0 Å². The van der Waals surface area contributed by atoms with Crippen LogP contribution in [0.2, 0.25) is 14.8 Å². The second-order valence-electron chi connectivity index (χ2n) is 6.25. The van der Waals surface area contributed by atoms with Gasteiger partial charge in [-0.1, -0.05) is 0 Å². The fraction of sp³-hybridized carbons (Fsp3) is 0.357. The van der Waals surface area contributed by atoms with E-state index in [0.29, 0.717) is 5.69 Å². The van der Waals surface area contributed by atoms with Crippen LogP contribution in [0.15, 0.2) is 30.6 Å². The zero-order valence-corrected chi connectivity index (χ0v) is 15.5. The van der Waals surface area contributed by atoms with Crippen LogP contribution >= 0.6 is 0 Å². The van der Waals surface area contributed by atoms with E-state index in [1.54, 1.807) is 18.3 Å². The normalized spacial score (nSPS) is 18.6. The molecule has 1 aromatic carbocycles. The number of benzene rings is 1. The van der Waals surface area contributed by atoms with Crippen molar-refractivity contribution in [1.29, 1.82) is 0 Å². The average Bonchev–Trinajstić information content (AvgIpc) is 3.05. The van der Waals surface area contributed by atoms with Gasteiger partial charge in [-0.2, -0.15) is 0 Å². The molecule has 1 atom stereocenters. The van der Waals surface area contributed by atoms with Crippen LogP contribution in [0.25, 0.3) is 0 Å². The Bertz CT molecular complexity index is 699. The molecule has 0 unspecified atom stereocenters. The van der Waals surface area contributed by atoms with Gasteiger partial charge in [0.05, 0.1) is 0 Å². The maximum atomic E-state index is 14.3. The zero-order valence-electron chi connectivity index (χ0n) is 12.7. The van der Waals surface area contributed by atoms with E-state index in [1.807, 2.05) is 0 Å². The number of rotatable bonds is 3. The Balaban J connectivity index is 1.86. The Hall–Kier alpha value is -1.64. The van der Waals surface area contributed by atoms with Crippen molar-refractivity contribution in [3.63, 3.8) is 0 Å². The number of ether oxygens (including phenoxy) is 1. The minimum absolute atomic E-state index is 0.238. The number of anilines is 1. The van der Waals surface area contributed by atoms with Crippen molar-refractivity contribution in [2.75, 3.05) is 11.4 Å². The second kappa shape index (κ2) is 5.53. The van der Waals surface area contributed by atoms with Crippen LogP contribution in [0.1, 0.15) is 6.23 Å². The molecule has 1 amide bonds. The first kappa shape index (κ1) is 15.3. The Labute approximate surface area is 131 Å². The van der Waals surface area contributed by atoms with Crippen LogP contribution in [-0.4, -0.2) is 46.0 Å². The number of hydrogen-bond acceptors (Lipinski definition) is 4. The van der Waals surface area contributed by atoms with Crippen LogP contribution in [0.4, 0.5) is 14.9 Å². The molecule has 3 rings (SSSR count). The van der Waals surface area contributed by atoms with Gasteiger partial charge in [-0.15, -0.1) is 0 Å². The van der Waals surface area contributed by atoms with Gasteiger partial charge in [0.15, 0.2) is 0 Å². The number of carbonyl (C=O) groups is 1. The van der Waals surface area contributed by atoms with Gasteiger partial charge in [0.2, 0.25) is 0 Å². The first-order valence-electron chi connectivity index (χ1n) is 7.00. The van der Waals surface area contributed by atoms with Gasteiger partial charge in [-0.3, -0.25) is 0 Å². The van der Waals surface area contributed by atoms with Crippen molar-refractivity contribution in [3.05, 3.63) is 36.4 Å². The summed E-state index contributed by atoms with van der Waals surface area (Å²) in [5.74, 6) is -0.238. The molecule has 8 heteroatoms. The number of aromatic nitrogens is 3. The monoisotopic (exact) mass is 412 g/mol. The molecule has 1 aliphatic rings. The van der Waals surface area contributed by atoms with Crippen LogP contribution in [-0.2, 0) is 4.74 Å². The first-order chi connectivity index (χ1) is 10.4. The summed E-state index contributed by atoms with van der Waals surface area (Å²) in [6.07, 6.45) is 2.09. The van der Waals surface area contributed by atoms with E-state index in [2.05, 4.69) is 25.1 Å². The number of halogens is 1. The van der Waals surface area contributed by atoms with Gasteiger partial charge in [0.1, 0.15) is 0 Å². The molecule has 6 nitrogen and oxygen atoms in total. The van der Waals surface area contributed by atoms with E-state index in [1.165, 1.54) is 21.8 Å². The van der Waals surface area contributed by atoms with Gasteiger partial charge in [0, 0.05) is 0 Å².